The smallest absolute Gasteiger partial charge is 0.173 e. The highest BCUT2D eigenvalue weighted by Crippen LogP contribution is 2.29. The Morgan fingerprint density at radius 1 is 1.03 bits per heavy atom. The number of ether oxygens (including phenoxy) is 1. The van der Waals surface area contributed by atoms with Crippen LogP contribution in [0, 0.1) is 6.92 Å². The Morgan fingerprint density at radius 3 is 2.60 bits per heavy atom. The normalized spacial score (nSPS) is 16.1. The van der Waals surface area contributed by atoms with Crippen LogP contribution in [0.2, 0.25) is 0 Å². The van der Waals surface area contributed by atoms with Crippen molar-refractivity contribution in [1.82, 2.24) is 9.80 Å². The Kier molecular flexibility index (Phi) is 9.81. The van der Waals surface area contributed by atoms with E-state index in [0.29, 0.717) is 0 Å². The molecule has 0 bridgehead atoms. The Hall–Kier alpha value is -2.15. The molecule has 6 heteroatoms. The molecular weight excluding hydrogens is 452 g/mol. The summed E-state index contributed by atoms with van der Waals surface area (Å²) in [5.41, 5.74) is 6.59. The molecule has 1 fully saturated rings. The van der Waals surface area contributed by atoms with E-state index in [1.54, 1.807) is 0 Å². The van der Waals surface area contributed by atoms with Gasteiger partial charge in [-0.1, -0.05) is 43.2 Å². The molecular formula is C29H42N4OS. The average Bonchev–Trinajstić information content (AvgIpc) is 2.88. The summed E-state index contributed by atoms with van der Waals surface area (Å²) in [6, 6.07) is 15.6. The van der Waals surface area contributed by atoms with E-state index in [9.17, 15) is 0 Å². The van der Waals surface area contributed by atoms with E-state index in [1.807, 2.05) is 0 Å². The van der Waals surface area contributed by atoms with Gasteiger partial charge in [0.15, 0.2) is 5.11 Å². The van der Waals surface area contributed by atoms with E-state index in [0.717, 1.165) is 63.2 Å². The van der Waals surface area contributed by atoms with E-state index in [4.69, 9.17) is 17.0 Å². The summed E-state index contributed by atoms with van der Waals surface area (Å²) < 4.78 is 5.51. The molecule has 0 atom stereocenters. The third kappa shape index (κ3) is 7.66. The van der Waals surface area contributed by atoms with Crippen molar-refractivity contribution in [2.75, 3.05) is 62.7 Å². The van der Waals surface area contributed by atoms with Crippen molar-refractivity contribution in [3.05, 3.63) is 59.2 Å². The van der Waals surface area contributed by atoms with Gasteiger partial charge in [-0.05, 0) is 74.2 Å². The van der Waals surface area contributed by atoms with E-state index in [1.165, 1.54) is 61.2 Å². The van der Waals surface area contributed by atoms with E-state index in [2.05, 4.69) is 76.3 Å². The molecule has 0 aromatic heterocycles. The fourth-order valence-corrected chi connectivity index (χ4v) is 5.30. The van der Waals surface area contributed by atoms with Gasteiger partial charge in [-0.3, -0.25) is 4.90 Å². The molecule has 2 aliphatic heterocycles. The number of nitrogens with zero attached hydrogens (tertiary/aromatic N) is 3. The topological polar surface area (TPSA) is 31.0 Å². The number of benzene rings is 2. The predicted octanol–water partition coefficient (Wildman–Crippen LogP) is 5.47. The number of rotatable bonds is 10. The fraction of sp³-hybridized carbons (Fsp3) is 0.552. The second kappa shape index (κ2) is 13.2. The van der Waals surface area contributed by atoms with Crippen molar-refractivity contribution in [3.8, 4) is 0 Å². The highest BCUT2D eigenvalue weighted by atomic mass is 32.1. The molecule has 0 saturated carbocycles. The molecule has 0 radical (unpaired) electrons. The van der Waals surface area contributed by atoms with Gasteiger partial charge in [0.2, 0.25) is 0 Å². The molecule has 0 amide bonds. The van der Waals surface area contributed by atoms with Crippen LogP contribution in [0.25, 0.3) is 0 Å². The van der Waals surface area contributed by atoms with Crippen LogP contribution in [0.3, 0.4) is 0 Å². The minimum atomic E-state index is 0.804. The molecule has 5 nitrogen and oxygen atoms in total. The molecule has 1 saturated heterocycles. The maximum absolute atomic E-state index is 5.92. The number of aryl methyl sites for hydroxylation is 2. The maximum atomic E-state index is 5.92. The molecule has 1 N–H and O–H groups in total. The van der Waals surface area contributed by atoms with Crippen molar-refractivity contribution in [1.29, 1.82) is 0 Å². The molecule has 2 aromatic carbocycles. The fourth-order valence-electron chi connectivity index (χ4n) is 5.03. The van der Waals surface area contributed by atoms with Crippen molar-refractivity contribution in [3.63, 3.8) is 0 Å². The van der Waals surface area contributed by atoms with Gasteiger partial charge in [0.25, 0.3) is 0 Å². The first-order chi connectivity index (χ1) is 17.1. The van der Waals surface area contributed by atoms with Gasteiger partial charge < -0.3 is 19.9 Å². The van der Waals surface area contributed by atoms with Crippen molar-refractivity contribution < 1.29 is 4.74 Å². The zero-order valence-corrected chi connectivity index (χ0v) is 22.4. The van der Waals surface area contributed by atoms with Gasteiger partial charge in [0, 0.05) is 57.2 Å². The Morgan fingerprint density at radius 2 is 1.83 bits per heavy atom. The highest BCUT2D eigenvalue weighted by molar-refractivity contribution is 7.80. The third-order valence-electron chi connectivity index (χ3n) is 7.11. The quantitative estimate of drug-likeness (QED) is 0.441. The van der Waals surface area contributed by atoms with Crippen molar-refractivity contribution >= 4 is 28.7 Å². The van der Waals surface area contributed by atoms with Crippen LogP contribution in [-0.4, -0.2) is 67.4 Å². The first-order valence-corrected chi connectivity index (χ1v) is 13.8. The number of nitrogens with one attached hydrogen (secondary N) is 1. The van der Waals surface area contributed by atoms with E-state index in [-0.39, 0.29) is 0 Å². The van der Waals surface area contributed by atoms with Crippen LogP contribution in [-0.2, 0) is 17.7 Å². The van der Waals surface area contributed by atoms with E-state index < -0.39 is 0 Å². The van der Waals surface area contributed by atoms with Gasteiger partial charge >= 0.3 is 0 Å². The molecule has 190 valence electrons. The van der Waals surface area contributed by atoms with Crippen LogP contribution >= 0.6 is 12.2 Å². The third-order valence-corrected chi connectivity index (χ3v) is 7.47. The second-order valence-corrected chi connectivity index (χ2v) is 10.3. The number of fused-ring (bicyclic) bond motifs is 1. The average molecular weight is 495 g/mol. The summed E-state index contributed by atoms with van der Waals surface area (Å²) in [6.45, 7) is 13.4. The van der Waals surface area contributed by atoms with Gasteiger partial charge in [0.05, 0.1) is 13.2 Å². The molecule has 4 rings (SSSR count). The van der Waals surface area contributed by atoms with Gasteiger partial charge in [-0.2, -0.15) is 0 Å². The monoisotopic (exact) mass is 494 g/mol. The lowest BCUT2D eigenvalue weighted by Crippen LogP contribution is -2.40. The summed E-state index contributed by atoms with van der Waals surface area (Å²) in [7, 11) is 0. The van der Waals surface area contributed by atoms with Gasteiger partial charge in [-0.15, -0.1) is 0 Å². The number of hydrogen-bond donors (Lipinski definition) is 1. The summed E-state index contributed by atoms with van der Waals surface area (Å²) in [5.74, 6) is 0. The van der Waals surface area contributed by atoms with Crippen molar-refractivity contribution in [2.24, 2.45) is 0 Å². The van der Waals surface area contributed by atoms with Crippen molar-refractivity contribution in [2.45, 2.75) is 52.5 Å². The predicted molar refractivity (Wildman–Crippen MR) is 152 cm³/mol. The number of morpholine rings is 1. The van der Waals surface area contributed by atoms with Crippen LogP contribution in [0.15, 0.2) is 42.5 Å². The minimum Gasteiger partial charge on any atom is -0.379 e. The minimum absolute atomic E-state index is 0.804. The number of thiocarbonyl (C=S) groups is 1. The first kappa shape index (κ1) is 25.9. The molecule has 2 heterocycles. The number of hydrogen-bond acceptors (Lipinski definition) is 4. The highest BCUT2D eigenvalue weighted by Gasteiger charge is 2.18. The lowest BCUT2D eigenvalue weighted by atomic mass is 9.98. The van der Waals surface area contributed by atoms with E-state index >= 15 is 0 Å². The summed E-state index contributed by atoms with van der Waals surface area (Å²) >= 11 is 5.92. The molecule has 2 aromatic rings. The Labute approximate surface area is 217 Å². The Bertz CT molecular complexity index is 942. The largest absolute Gasteiger partial charge is 0.379 e. The van der Waals surface area contributed by atoms with Gasteiger partial charge in [-0.25, -0.2) is 0 Å². The molecule has 35 heavy (non-hydrogen) atoms. The standard InChI is InChI=1S/C29H42N4OS/c1-3-4-15-32-16-5-7-26-22-25(10-13-28(26)32)23-33(17-6-14-31-18-20-34-21-19-31)29(35)30-27-11-8-24(2)9-12-27/h8-13,22H,3-7,14-21,23H2,1-2H3,(H,30,35). The second-order valence-electron chi connectivity index (χ2n) is 9.93. The zero-order valence-electron chi connectivity index (χ0n) is 21.6. The van der Waals surface area contributed by atoms with Crippen LogP contribution in [0.5, 0.6) is 0 Å². The molecule has 2 aliphatic rings. The van der Waals surface area contributed by atoms with Crippen LogP contribution in [0.1, 0.15) is 49.3 Å². The summed E-state index contributed by atoms with van der Waals surface area (Å²) in [4.78, 5) is 7.42. The number of anilines is 2. The number of unbranched alkanes of at least 4 members (excludes halogenated alkanes) is 1. The molecule has 0 spiro atoms. The van der Waals surface area contributed by atoms with Gasteiger partial charge in [0.1, 0.15) is 0 Å². The molecule has 0 aliphatic carbocycles. The zero-order chi connectivity index (χ0) is 24.5. The SMILES string of the molecule is CCCCN1CCCc2cc(CN(CCCN3CCOCC3)C(=S)Nc3ccc(C)cc3)ccc21. The molecule has 0 unspecified atom stereocenters. The Balaban J connectivity index is 1.43. The lowest BCUT2D eigenvalue weighted by molar-refractivity contribution is 0.0368. The maximum Gasteiger partial charge on any atom is 0.173 e. The summed E-state index contributed by atoms with van der Waals surface area (Å²) in [6.07, 6.45) is 6.02. The summed E-state index contributed by atoms with van der Waals surface area (Å²) in [5, 5.41) is 4.29. The first-order valence-electron chi connectivity index (χ1n) is 13.4. The lowest BCUT2D eigenvalue weighted by Gasteiger charge is -2.32. The van der Waals surface area contributed by atoms with Crippen LogP contribution < -0.4 is 10.2 Å². The van der Waals surface area contributed by atoms with Crippen LogP contribution in [0.4, 0.5) is 11.4 Å².